The van der Waals surface area contributed by atoms with E-state index in [9.17, 15) is 4.79 Å². The zero-order chi connectivity index (χ0) is 17.1. The molecule has 2 atom stereocenters. The topological polar surface area (TPSA) is 64.3 Å². The molecule has 130 valence electrons. The van der Waals surface area contributed by atoms with Gasteiger partial charge in [-0.25, -0.2) is 4.98 Å². The number of benzene rings is 1. The largest absolute Gasteiger partial charge is 0.349 e. The van der Waals surface area contributed by atoms with Crippen molar-refractivity contribution < 1.29 is 4.79 Å². The molecule has 1 saturated heterocycles. The number of rotatable bonds is 4. The smallest absolute Gasteiger partial charge is 0.224 e. The number of aromatic nitrogens is 2. The summed E-state index contributed by atoms with van der Waals surface area (Å²) in [5.41, 5.74) is 1.94. The van der Waals surface area contributed by atoms with E-state index in [1.807, 2.05) is 24.3 Å². The number of carbonyl (C=O) groups excluding carboxylic acids is 1. The summed E-state index contributed by atoms with van der Waals surface area (Å²) in [7, 11) is 6.32. The van der Waals surface area contributed by atoms with Gasteiger partial charge in [0.2, 0.25) is 5.91 Å². The van der Waals surface area contributed by atoms with Gasteiger partial charge in [0.05, 0.1) is 23.5 Å². The number of likely N-dealkylation sites (tertiary alicyclic amines) is 1. The molecule has 0 radical (unpaired) electrons. The zero-order valence-corrected chi connectivity index (χ0v) is 14.7. The van der Waals surface area contributed by atoms with Crippen LogP contribution < -0.4 is 5.32 Å². The van der Waals surface area contributed by atoms with Gasteiger partial charge >= 0.3 is 0 Å². The number of aromatic amines is 1. The van der Waals surface area contributed by atoms with Gasteiger partial charge in [0.15, 0.2) is 0 Å². The molecule has 2 N–H and O–H groups in total. The highest BCUT2D eigenvalue weighted by Gasteiger charge is 2.27. The summed E-state index contributed by atoms with van der Waals surface area (Å²) < 4.78 is 0. The number of fused-ring (bicyclic) bond motifs is 1. The number of nitrogens with one attached hydrogen (secondary N) is 2. The number of amides is 1. The van der Waals surface area contributed by atoms with Crippen LogP contribution in [0.5, 0.6) is 0 Å². The maximum atomic E-state index is 12.6. The van der Waals surface area contributed by atoms with Crippen LogP contribution in [0.3, 0.4) is 0 Å². The first-order valence-electron chi connectivity index (χ1n) is 8.59. The van der Waals surface area contributed by atoms with Crippen molar-refractivity contribution in [2.45, 2.75) is 25.4 Å². The van der Waals surface area contributed by atoms with Gasteiger partial charge in [0.1, 0.15) is 5.82 Å². The highest BCUT2D eigenvalue weighted by molar-refractivity contribution is 5.79. The Balaban J connectivity index is 1.58. The van der Waals surface area contributed by atoms with Gasteiger partial charge in [-0.05, 0) is 46.1 Å². The molecule has 1 aromatic carbocycles. The number of hydrogen-bond donors (Lipinski definition) is 2. The number of carbonyl (C=O) groups is 1. The molecule has 1 aliphatic rings. The highest BCUT2D eigenvalue weighted by atomic mass is 16.1. The molecule has 2 heterocycles. The Hall–Kier alpha value is -1.92. The van der Waals surface area contributed by atoms with Crippen molar-refractivity contribution in [3.05, 3.63) is 30.1 Å². The Morgan fingerprint density at radius 3 is 2.88 bits per heavy atom. The molecule has 1 amide bonds. The Morgan fingerprint density at radius 2 is 2.12 bits per heavy atom. The van der Waals surface area contributed by atoms with Crippen LogP contribution in [0.1, 0.15) is 18.7 Å². The molecule has 0 unspecified atom stereocenters. The highest BCUT2D eigenvalue weighted by Crippen LogP contribution is 2.18. The number of likely N-dealkylation sites (N-methyl/N-ethyl adjacent to an activating group) is 2. The molecule has 0 spiro atoms. The number of H-pyrrole nitrogens is 1. The summed E-state index contributed by atoms with van der Waals surface area (Å²) in [5, 5.41) is 3.05. The number of hydrogen-bond acceptors (Lipinski definition) is 4. The molecule has 1 aromatic heterocycles. The lowest BCUT2D eigenvalue weighted by atomic mass is 10.0. The maximum absolute atomic E-state index is 12.6. The van der Waals surface area contributed by atoms with Crippen LogP contribution in [0, 0.1) is 5.92 Å². The summed E-state index contributed by atoms with van der Waals surface area (Å²) >= 11 is 0. The van der Waals surface area contributed by atoms with Gasteiger partial charge in [-0.2, -0.15) is 0 Å². The normalized spacial score (nSPS) is 22.7. The summed E-state index contributed by atoms with van der Waals surface area (Å²) in [4.78, 5) is 24.9. The predicted molar refractivity (Wildman–Crippen MR) is 95.6 cm³/mol. The lowest BCUT2D eigenvalue weighted by Gasteiger charge is -2.25. The fourth-order valence-corrected chi connectivity index (χ4v) is 3.43. The second-order valence-electron chi connectivity index (χ2n) is 7.03. The first kappa shape index (κ1) is 16.9. The third-order valence-electron chi connectivity index (χ3n) is 4.87. The minimum absolute atomic E-state index is 0.0457. The van der Waals surface area contributed by atoms with Gasteiger partial charge in [-0.1, -0.05) is 12.1 Å². The molecule has 24 heavy (non-hydrogen) atoms. The molecule has 0 saturated carbocycles. The van der Waals surface area contributed by atoms with E-state index in [-0.39, 0.29) is 11.8 Å². The van der Waals surface area contributed by atoms with Gasteiger partial charge < -0.3 is 20.1 Å². The van der Waals surface area contributed by atoms with Crippen molar-refractivity contribution >= 4 is 16.9 Å². The van der Waals surface area contributed by atoms with Gasteiger partial charge in [-0.15, -0.1) is 0 Å². The first-order chi connectivity index (χ1) is 11.5. The van der Waals surface area contributed by atoms with Crippen LogP contribution in [0.4, 0.5) is 0 Å². The van der Waals surface area contributed by atoms with E-state index in [2.05, 4.69) is 46.2 Å². The quantitative estimate of drug-likeness (QED) is 0.891. The third kappa shape index (κ3) is 3.94. The molecule has 0 bridgehead atoms. The Kier molecular flexibility index (Phi) is 5.16. The summed E-state index contributed by atoms with van der Waals surface area (Å²) in [6.07, 6.45) is 1.99. The van der Waals surface area contributed by atoms with E-state index < -0.39 is 0 Å². The average Bonchev–Trinajstić information content (AvgIpc) is 2.86. The van der Waals surface area contributed by atoms with E-state index in [4.69, 9.17) is 0 Å². The standard InChI is InChI=1S/C18H27N5O/c1-22(2)14-9-8-13(11-23(3)12-14)18(24)19-10-17-20-15-6-4-5-7-16(15)21-17/h4-7,13-14H,8-12H2,1-3H3,(H,19,24)(H,20,21)/t13-,14+/m1/s1. The molecule has 0 aliphatic carbocycles. The molecule has 1 fully saturated rings. The lowest BCUT2D eigenvalue weighted by Crippen LogP contribution is -2.39. The van der Waals surface area contributed by atoms with Crippen molar-refractivity contribution in [3.8, 4) is 0 Å². The van der Waals surface area contributed by atoms with E-state index >= 15 is 0 Å². The van der Waals surface area contributed by atoms with Crippen LogP contribution in [0.15, 0.2) is 24.3 Å². The van der Waals surface area contributed by atoms with Crippen LogP contribution in [-0.2, 0) is 11.3 Å². The minimum atomic E-state index is 0.0457. The van der Waals surface area contributed by atoms with E-state index in [1.54, 1.807) is 0 Å². The van der Waals surface area contributed by atoms with Crippen molar-refractivity contribution in [2.75, 3.05) is 34.2 Å². The molecular weight excluding hydrogens is 302 g/mol. The van der Waals surface area contributed by atoms with Crippen molar-refractivity contribution in [2.24, 2.45) is 5.92 Å². The molecule has 3 rings (SSSR count). The SMILES string of the molecule is CN1C[C@H](C(=O)NCc2nc3ccccc3[nH]2)CC[C@H](N(C)C)C1. The first-order valence-corrected chi connectivity index (χ1v) is 8.59. The minimum Gasteiger partial charge on any atom is -0.349 e. The number of nitrogens with zero attached hydrogens (tertiary/aromatic N) is 3. The Labute approximate surface area is 143 Å². The second kappa shape index (κ2) is 7.32. The number of para-hydroxylation sites is 2. The van der Waals surface area contributed by atoms with E-state index in [0.717, 1.165) is 42.8 Å². The van der Waals surface area contributed by atoms with Crippen molar-refractivity contribution in [3.63, 3.8) is 0 Å². The maximum Gasteiger partial charge on any atom is 0.224 e. The van der Waals surface area contributed by atoms with Crippen LogP contribution in [0.25, 0.3) is 11.0 Å². The van der Waals surface area contributed by atoms with Crippen LogP contribution in [0.2, 0.25) is 0 Å². The molecular formula is C18H27N5O. The lowest BCUT2D eigenvalue weighted by molar-refractivity contribution is -0.125. The van der Waals surface area contributed by atoms with Crippen molar-refractivity contribution in [1.82, 2.24) is 25.1 Å². The van der Waals surface area contributed by atoms with Gasteiger partial charge in [-0.3, -0.25) is 4.79 Å². The van der Waals surface area contributed by atoms with Gasteiger partial charge in [0, 0.05) is 19.1 Å². The zero-order valence-electron chi connectivity index (χ0n) is 14.7. The van der Waals surface area contributed by atoms with Crippen LogP contribution >= 0.6 is 0 Å². The predicted octanol–water partition coefficient (Wildman–Crippen LogP) is 1.45. The molecule has 6 nitrogen and oxygen atoms in total. The third-order valence-corrected chi connectivity index (χ3v) is 4.87. The van der Waals surface area contributed by atoms with E-state index in [0.29, 0.717) is 12.6 Å². The van der Waals surface area contributed by atoms with Gasteiger partial charge in [0.25, 0.3) is 0 Å². The van der Waals surface area contributed by atoms with Crippen molar-refractivity contribution in [1.29, 1.82) is 0 Å². The Morgan fingerprint density at radius 1 is 1.33 bits per heavy atom. The number of imidazole rings is 1. The van der Waals surface area contributed by atoms with Crippen LogP contribution in [-0.4, -0.2) is 65.9 Å². The summed E-state index contributed by atoms with van der Waals surface area (Å²) in [6.45, 7) is 2.28. The monoisotopic (exact) mass is 329 g/mol. The fraction of sp³-hybridized carbons (Fsp3) is 0.556. The molecule has 6 heteroatoms. The Bertz CT molecular complexity index is 663. The average molecular weight is 329 g/mol. The van der Waals surface area contributed by atoms with E-state index in [1.165, 1.54) is 0 Å². The molecule has 1 aliphatic heterocycles. The molecule has 2 aromatic rings. The summed E-state index contributed by atoms with van der Waals surface area (Å²) in [6, 6.07) is 8.43. The second-order valence-corrected chi connectivity index (χ2v) is 7.03. The fourth-order valence-electron chi connectivity index (χ4n) is 3.43. The summed E-state index contributed by atoms with van der Waals surface area (Å²) in [5.74, 6) is 0.976.